The monoisotopic (exact) mass is 582 g/mol. The quantitative estimate of drug-likeness (QED) is 0.309. The lowest BCUT2D eigenvalue weighted by atomic mass is 10.0. The summed E-state index contributed by atoms with van der Waals surface area (Å²) < 4.78 is 2.52. The molecule has 0 aliphatic heterocycles. The first-order valence-electron chi connectivity index (χ1n) is 12.5. The van der Waals surface area contributed by atoms with Gasteiger partial charge in [-0.2, -0.15) is 0 Å². The Morgan fingerprint density at radius 2 is 1.62 bits per heavy atom. The molecule has 9 nitrogen and oxygen atoms in total. The summed E-state index contributed by atoms with van der Waals surface area (Å²) in [5.41, 5.74) is 1.43. The van der Waals surface area contributed by atoms with Crippen molar-refractivity contribution >= 4 is 46.0 Å². The van der Waals surface area contributed by atoms with Crippen molar-refractivity contribution < 1.29 is 14.7 Å². The number of carbonyl (C=O) groups is 2. The maximum atomic E-state index is 13.5. The van der Waals surface area contributed by atoms with Crippen LogP contribution in [0.15, 0.2) is 70.3 Å². The lowest BCUT2D eigenvalue weighted by Crippen LogP contribution is -2.42. The number of nitrogens with zero attached hydrogens (tertiary/aromatic N) is 3. The van der Waals surface area contributed by atoms with E-state index in [4.69, 9.17) is 23.2 Å². The fourth-order valence-electron chi connectivity index (χ4n) is 4.42. The van der Waals surface area contributed by atoms with Crippen LogP contribution in [0.5, 0.6) is 0 Å². The predicted octanol–water partition coefficient (Wildman–Crippen LogP) is 3.87. The Hall–Kier alpha value is -3.92. The van der Waals surface area contributed by atoms with Gasteiger partial charge in [0.2, 0.25) is 0 Å². The average molecular weight is 583 g/mol. The third-order valence-corrected chi connectivity index (χ3v) is 7.38. The molecule has 0 aliphatic carbocycles. The van der Waals surface area contributed by atoms with Crippen molar-refractivity contribution in [3.8, 4) is 5.69 Å². The molecule has 0 saturated heterocycles. The van der Waals surface area contributed by atoms with Gasteiger partial charge < -0.3 is 15.3 Å². The molecule has 40 heavy (non-hydrogen) atoms. The third-order valence-electron chi connectivity index (χ3n) is 6.75. The maximum absolute atomic E-state index is 13.5. The van der Waals surface area contributed by atoms with Crippen molar-refractivity contribution in [3.05, 3.63) is 108 Å². The van der Waals surface area contributed by atoms with Crippen molar-refractivity contribution in [1.82, 2.24) is 19.4 Å². The van der Waals surface area contributed by atoms with Crippen molar-refractivity contribution in [2.45, 2.75) is 25.9 Å². The van der Waals surface area contributed by atoms with Gasteiger partial charge in [-0.05, 0) is 61.1 Å². The number of nitrogens with one attached hydrogen (secondary N) is 1. The Labute approximate surface area is 240 Å². The summed E-state index contributed by atoms with van der Waals surface area (Å²) >= 11 is 12.2. The fourth-order valence-corrected chi connectivity index (χ4v) is 4.99. The molecule has 0 radical (unpaired) electrons. The van der Waals surface area contributed by atoms with Crippen molar-refractivity contribution in [2.75, 3.05) is 13.6 Å². The van der Waals surface area contributed by atoms with E-state index in [0.29, 0.717) is 28.7 Å². The van der Waals surface area contributed by atoms with Crippen LogP contribution in [-0.2, 0) is 24.8 Å². The number of fused-ring (bicyclic) bond motifs is 1. The molecule has 3 aromatic carbocycles. The first-order chi connectivity index (χ1) is 19.0. The van der Waals surface area contributed by atoms with E-state index in [-0.39, 0.29) is 22.0 Å². The number of aryl methyl sites for hydroxylation is 1. The number of aliphatic carboxylic acids is 1. The Kier molecular flexibility index (Phi) is 8.78. The fraction of sp³-hybridized carbons (Fsp3) is 0.241. The van der Waals surface area contributed by atoms with Crippen LogP contribution in [0.4, 0.5) is 0 Å². The highest BCUT2D eigenvalue weighted by Crippen LogP contribution is 2.24. The van der Waals surface area contributed by atoms with Gasteiger partial charge in [-0.25, -0.2) is 14.2 Å². The number of rotatable bonds is 9. The number of carbonyl (C=O) groups excluding carboxylic acids is 1. The van der Waals surface area contributed by atoms with Crippen molar-refractivity contribution in [3.63, 3.8) is 0 Å². The van der Waals surface area contributed by atoms with E-state index in [1.54, 1.807) is 49.5 Å². The zero-order valence-electron chi connectivity index (χ0n) is 22.1. The predicted molar refractivity (Wildman–Crippen MR) is 156 cm³/mol. The number of aromatic nitrogens is 2. The molecule has 1 aromatic heterocycles. The van der Waals surface area contributed by atoms with E-state index < -0.39 is 29.2 Å². The molecule has 1 amide bonds. The van der Waals surface area contributed by atoms with Crippen LogP contribution in [-0.4, -0.2) is 50.7 Å². The molecule has 0 aliphatic rings. The SMILES string of the molecule is CCN(C)Cc1ccc2c(c1)c(=O)n(-c1ccc(C[C@H](NC(=O)c3c(Cl)cccc3Cl)C(=O)O)cc1)c(=O)n2C. The Bertz CT molecular complexity index is 1690. The van der Waals surface area contributed by atoms with Gasteiger partial charge in [-0.1, -0.05) is 54.4 Å². The number of benzene rings is 3. The zero-order chi connectivity index (χ0) is 29.1. The third kappa shape index (κ3) is 5.96. The Morgan fingerprint density at radius 3 is 2.23 bits per heavy atom. The summed E-state index contributed by atoms with van der Waals surface area (Å²) in [7, 11) is 3.59. The van der Waals surface area contributed by atoms with E-state index in [1.165, 1.54) is 16.7 Å². The number of halogens is 2. The van der Waals surface area contributed by atoms with Gasteiger partial charge in [0, 0.05) is 20.0 Å². The molecular formula is C29H28Cl2N4O5. The molecule has 4 aromatic rings. The molecular weight excluding hydrogens is 555 g/mol. The van der Waals surface area contributed by atoms with Gasteiger partial charge in [0.15, 0.2) is 0 Å². The van der Waals surface area contributed by atoms with Gasteiger partial charge >= 0.3 is 11.7 Å². The largest absolute Gasteiger partial charge is 0.480 e. The molecule has 0 spiro atoms. The second-order valence-corrected chi connectivity index (χ2v) is 10.3. The van der Waals surface area contributed by atoms with Gasteiger partial charge in [0.25, 0.3) is 11.5 Å². The second kappa shape index (κ2) is 12.1. The summed E-state index contributed by atoms with van der Waals surface area (Å²) in [5, 5.41) is 12.8. The van der Waals surface area contributed by atoms with Gasteiger partial charge in [-0.3, -0.25) is 14.2 Å². The molecule has 11 heteroatoms. The second-order valence-electron chi connectivity index (χ2n) is 9.50. The number of carboxylic acid groups (broad SMARTS) is 1. The van der Waals surface area contributed by atoms with E-state index in [2.05, 4.69) is 10.2 Å². The van der Waals surface area contributed by atoms with Gasteiger partial charge in [0.05, 0.1) is 32.2 Å². The van der Waals surface area contributed by atoms with Crippen LogP contribution in [0.2, 0.25) is 10.0 Å². The van der Waals surface area contributed by atoms with Crippen LogP contribution in [0.1, 0.15) is 28.4 Å². The van der Waals surface area contributed by atoms with Crippen LogP contribution >= 0.6 is 23.2 Å². The highest BCUT2D eigenvalue weighted by atomic mass is 35.5. The minimum Gasteiger partial charge on any atom is -0.480 e. The summed E-state index contributed by atoms with van der Waals surface area (Å²) in [6.07, 6.45) is -0.0532. The standard InChI is InChI=1S/C29H28Cl2N4O5/c1-4-33(2)16-18-10-13-24-20(14-18)27(37)35(29(40)34(24)3)19-11-8-17(9-12-19)15-23(28(38)39)32-26(36)25-21(30)6-5-7-22(25)31/h5-14,23H,4,15-16H2,1-3H3,(H,32,36)(H,38,39)/t23-/m0/s1. The topological polar surface area (TPSA) is 114 Å². The normalized spacial score (nSPS) is 12.1. The smallest absolute Gasteiger partial charge is 0.335 e. The highest BCUT2D eigenvalue weighted by molar-refractivity contribution is 6.39. The van der Waals surface area contributed by atoms with Gasteiger partial charge in [-0.15, -0.1) is 0 Å². The Morgan fingerprint density at radius 1 is 1.00 bits per heavy atom. The summed E-state index contributed by atoms with van der Waals surface area (Å²) in [6, 6.07) is 15.1. The molecule has 1 atom stereocenters. The first kappa shape index (κ1) is 29.1. The molecule has 0 bridgehead atoms. The van der Waals surface area contributed by atoms with Crippen LogP contribution in [0, 0.1) is 0 Å². The molecule has 208 valence electrons. The van der Waals surface area contributed by atoms with E-state index in [9.17, 15) is 24.3 Å². The summed E-state index contributed by atoms with van der Waals surface area (Å²) in [5.74, 6) is -1.96. The average Bonchev–Trinajstić information content (AvgIpc) is 2.92. The number of amides is 1. The summed E-state index contributed by atoms with van der Waals surface area (Å²) in [4.78, 5) is 53.4. The number of hydrogen-bond donors (Lipinski definition) is 2. The minimum atomic E-state index is -1.28. The molecule has 2 N–H and O–H groups in total. The summed E-state index contributed by atoms with van der Waals surface area (Å²) in [6.45, 7) is 3.55. The van der Waals surface area contributed by atoms with E-state index >= 15 is 0 Å². The highest BCUT2D eigenvalue weighted by Gasteiger charge is 2.24. The molecule has 0 saturated carbocycles. The van der Waals surface area contributed by atoms with Crippen LogP contribution < -0.4 is 16.6 Å². The minimum absolute atomic E-state index is 0.0107. The van der Waals surface area contributed by atoms with Crippen molar-refractivity contribution in [2.24, 2.45) is 7.05 Å². The number of hydrogen-bond acceptors (Lipinski definition) is 5. The van der Waals surface area contributed by atoms with E-state index in [1.807, 2.05) is 20.0 Å². The van der Waals surface area contributed by atoms with Gasteiger partial charge in [0.1, 0.15) is 6.04 Å². The van der Waals surface area contributed by atoms with Crippen molar-refractivity contribution in [1.29, 1.82) is 0 Å². The molecule has 0 fully saturated rings. The molecule has 0 unspecified atom stereocenters. The number of carboxylic acids is 1. The van der Waals surface area contributed by atoms with Crippen LogP contribution in [0.25, 0.3) is 16.6 Å². The molecule has 1 heterocycles. The van der Waals surface area contributed by atoms with Crippen LogP contribution in [0.3, 0.4) is 0 Å². The maximum Gasteiger partial charge on any atom is 0.335 e. The first-order valence-corrected chi connectivity index (χ1v) is 13.3. The zero-order valence-corrected chi connectivity index (χ0v) is 23.7. The lowest BCUT2D eigenvalue weighted by molar-refractivity contribution is -0.139. The lowest BCUT2D eigenvalue weighted by Gasteiger charge is -2.17. The Balaban J connectivity index is 1.63. The van der Waals surface area contributed by atoms with E-state index in [0.717, 1.165) is 16.7 Å². The molecule has 4 rings (SSSR count).